The summed E-state index contributed by atoms with van der Waals surface area (Å²) in [6.07, 6.45) is 1.98. The average Bonchev–Trinajstić information content (AvgIpc) is 2.90. The van der Waals surface area contributed by atoms with Gasteiger partial charge in [-0.2, -0.15) is 0 Å². The van der Waals surface area contributed by atoms with Gasteiger partial charge in [-0.1, -0.05) is 6.07 Å². The van der Waals surface area contributed by atoms with Gasteiger partial charge in [0, 0.05) is 15.8 Å². The van der Waals surface area contributed by atoms with E-state index in [0.717, 1.165) is 5.75 Å². The molecule has 2 aromatic rings. The molecule has 1 heterocycles. The second-order valence-corrected chi connectivity index (χ2v) is 5.95. The Morgan fingerprint density at radius 2 is 1.94 bits per heavy atom. The van der Waals surface area contributed by atoms with E-state index in [-0.39, 0.29) is 12.1 Å². The second-order valence-electron chi connectivity index (χ2n) is 4.09. The van der Waals surface area contributed by atoms with Crippen molar-refractivity contribution >= 4 is 23.1 Å². The van der Waals surface area contributed by atoms with E-state index < -0.39 is 0 Å². The van der Waals surface area contributed by atoms with Gasteiger partial charge in [-0.05, 0) is 48.9 Å². The molecule has 4 heteroatoms. The maximum absolute atomic E-state index is 6.01. The molecular formula is C14H17NOS2. The van der Waals surface area contributed by atoms with Gasteiger partial charge in [0.15, 0.2) is 0 Å². The molecule has 0 aliphatic heterocycles. The topological polar surface area (TPSA) is 35.2 Å². The van der Waals surface area contributed by atoms with E-state index in [2.05, 4.69) is 24.5 Å². The Hall–Kier alpha value is -0.970. The maximum Gasteiger partial charge on any atom is 0.148 e. The molecule has 0 saturated carbocycles. The number of hydrogen-bond acceptors (Lipinski definition) is 4. The molecular weight excluding hydrogens is 262 g/mol. The van der Waals surface area contributed by atoms with Gasteiger partial charge in [0.05, 0.1) is 0 Å². The quantitative estimate of drug-likeness (QED) is 0.842. The molecule has 0 aliphatic carbocycles. The molecule has 0 radical (unpaired) electrons. The molecule has 0 fully saturated rings. The van der Waals surface area contributed by atoms with Crippen LogP contribution in [0.1, 0.15) is 17.9 Å². The summed E-state index contributed by atoms with van der Waals surface area (Å²) in [4.78, 5) is 2.40. The number of nitrogens with two attached hydrogens (primary N) is 1. The lowest BCUT2D eigenvalue weighted by molar-refractivity contribution is 0.184. The van der Waals surface area contributed by atoms with Crippen molar-refractivity contribution in [3.63, 3.8) is 0 Å². The number of benzene rings is 1. The maximum atomic E-state index is 6.01. The van der Waals surface area contributed by atoms with Crippen LogP contribution < -0.4 is 10.5 Å². The van der Waals surface area contributed by atoms with Crippen LogP contribution in [0.2, 0.25) is 0 Å². The highest BCUT2D eigenvalue weighted by Crippen LogP contribution is 2.28. The number of rotatable bonds is 5. The monoisotopic (exact) mass is 279 g/mol. The Bertz CT molecular complexity index is 465. The first kappa shape index (κ1) is 13.5. The summed E-state index contributed by atoms with van der Waals surface area (Å²) in [7, 11) is 0. The van der Waals surface area contributed by atoms with Crippen LogP contribution in [0, 0.1) is 0 Å². The largest absolute Gasteiger partial charge is 0.483 e. The number of ether oxygens (including phenoxy) is 1. The van der Waals surface area contributed by atoms with Crippen molar-refractivity contribution in [2.45, 2.75) is 24.0 Å². The van der Waals surface area contributed by atoms with Crippen LogP contribution in [-0.2, 0) is 0 Å². The summed E-state index contributed by atoms with van der Waals surface area (Å²) in [6.45, 7) is 1.97. The van der Waals surface area contributed by atoms with Crippen LogP contribution in [-0.4, -0.2) is 12.3 Å². The summed E-state index contributed by atoms with van der Waals surface area (Å²) >= 11 is 3.40. The fourth-order valence-electron chi connectivity index (χ4n) is 1.68. The molecule has 2 unspecified atom stereocenters. The molecule has 2 nitrogen and oxygen atoms in total. The van der Waals surface area contributed by atoms with Gasteiger partial charge in [0.1, 0.15) is 11.9 Å². The lowest BCUT2D eigenvalue weighted by Gasteiger charge is -2.21. The van der Waals surface area contributed by atoms with E-state index in [1.54, 1.807) is 23.1 Å². The van der Waals surface area contributed by atoms with Crippen molar-refractivity contribution in [1.82, 2.24) is 0 Å². The zero-order valence-corrected chi connectivity index (χ0v) is 12.1. The third-order valence-electron chi connectivity index (χ3n) is 2.62. The SMILES string of the molecule is CSc1ccc(OC(c2cccs2)C(C)N)cc1. The van der Waals surface area contributed by atoms with E-state index in [1.165, 1.54) is 9.77 Å². The van der Waals surface area contributed by atoms with Crippen LogP contribution in [0.5, 0.6) is 5.75 Å². The van der Waals surface area contributed by atoms with Crippen LogP contribution in [0.15, 0.2) is 46.7 Å². The summed E-state index contributed by atoms with van der Waals surface area (Å²) in [5.74, 6) is 0.864. The van der Waals surface area contributed by atoms with Crippen molar-refractivity contribution in [1.29, 1.82) is 0 Å². The van der Waals surface area contributed by atoms with Gasteiger partial charge in [0.2, 0.25) is 0 Å². The summed E-state index contributed by atoms with van der Waals surface area (Å²) in [5, 5.41) is 2.05. The zero-order valence-electron chi connectivity index (χ0n) is 10.5. The van der Waals surface area contributed by atoms with Crippen molar-refractivity contribution in [3.8, 4) is 5.75 Å². The zero-order chi connectivity index (χ0) is 13.0. The standard InChI is InChI=1S/C14H17NOS2/c1-10(15)14(13-4-3-9-18-13)16-11-5-7-12(17-2)8-6-11/h3-10,14H,15H2,1-2H3. The summed E-state index contributed by atoms with van der Waals surface area (Å²) in [5.41, 5.74) is 6.01. The molecule has 0 aliphatic rings. The smallest absolute Gasteiger partial charge is 0.148 e. The fraction of sp³-hybridized carbons (Fsp3) is 0.286. The highest BCUT2D eigenvalue weighted by Gasteiger charge is 2.19. The molecule has 1 aromatic heterocycles. The minimum atomic E-state index is -0.0786. The second kappa shape index (κ2) is 6.27. The normalized spacial score (nSPS) is 14.2. The molecule has 2 N–H and O–H groups in total. The van der Waals surface area contributed by atoms with Gasteiger partial charge >= 0.3 is 0 Å². The van der Waals surface area contributed by atoms with Crippen molar-refractivity contribution in [3.05, 3.63) is 46.7 Å². The average molecular weight is 279 g/mol. The Morgan fingerprint density at radius 1 is 1.22 bits per heavy atom. The Kier molecular flexibility index (Phi) is 4.69. The predicted molar refractivity (Wildman–Crippen MR) is 79.6 cm³/mol. The Labute approximate surface area is 116 Å². The lowest BCUT2D eigenvalue weighted by Crippen LogP contribution is -2.28. The fourth-order valence-corrected chi connectivity index (χ4v) is 2.96. The molecule has 2 rings (SSSR count). The molecule has 0 spiro atoms. The lowest BCUT2D eigenvalue weighted by atomic mass is 10.1. The third kappa shape index (κ3) is 3.28. The molecule has 96 valence electrons. The minimum Gasteiger partial charge on any atom is -0.483 e. The molecule has 1 aromatic carbocycles. The van der Waals surface area contributed by atoms with Crippen LogP contribution in [0.4, 0.5) is 0 Å². The first-order valence-electron chi connectivity index (χ1n) is 5.80. The number of hydrogen-bond donors (Lipinski definition) is 1. The van der Waals surface area contributed by atoms with Crippen LogP contribution in [0.3, 0.4) is 0 Å². The van der Waals surface area contributed by atoms with Crippen molar-refractivity contribution in [2.75, 3.05) is 6.26 Å². The first-order chi connectivity index (χ1) is 8.70. The first-order valence-corrected chi connectivity index (χ1v) is 7.91. The van der Waals surface area contributed by atoms with Gasteiger partial charge < -0.3 is 10.5 Å². The van der Waals surface area contributed by atoms with Gasteiger partial charge in [-0.15, -0.1) is 23.1 Å². The van der Waals surface area contributed by atoms with E-state index in [1.807, 2.05) is 30.5 Å². The minimum absolute atomic E-state index is 0.0381. The molecule has 0 amide bonds. The number of thioether (sulfide) groups is 1. The van der Waals surface area contributed by atoms with Gasteiger partial charge in [-0.3, -0.25) is 0 Å². The van der Waals surface area contributed by atoms with Crippen molar-refractivity contribution < 1.29 is 4.74 Å². The van der Waals surface area contributed by atoms with Crippen molar-refractivity contribution in [2.24, 2.45) is 5.73 Å². The highest BCUT2D eigenvalue weighted by atomic mass is 32.2. The van der Waals surface area contributed by atoms with Gasteiger partial charge in [0.25, 0.3) is 0 Å². The molecule has 2 atom stereocenters. The molecule has 0 bridgehead atoms. The Balaban J connectivity index is 2.13. The van der Waals surface area contributed by atoms with E-state index in [9.17, 15) is 0 Å². The third-order valence-corrected chi connectivity index (χ3v) is 4.30. The summed E-state index contributed by atoms with van der Waals surface area (Å²) in [6, 6.07) is 12.2. The number of thiophene rings is 1. The molecule has 0 saturated heterocycles. The van der Waals surface area contributed by atoms with E-state index in [0.29, 0.717) is 0 Å². The predicted octanol–water partition coefficient (Wildman–Crippen LogP) is 3.94. The Morgan fingerprint density at radius 3 is 2.44 bits per heavy atom. The van der Waals surface area contributed by atoms with E-state index in [4.69, 9.17) is 10.5 Å². The van der Waals surface area contributed by atoms with Crippen LogP contribution in [0.25, 0.3) is 0 Å². The summed E-state index contributed by atoms with van der Waals surface area (Å²) < 4.78 is 6.00. The van der Waals surface area contributed by atoms with E-state index >= 15 is 0 Å². The highest BCUT2D eigenvalue weighted by molar-refractivity contribution is 7.98. The molecule has 18 heavy (non-hydrogen) atoms. The van der Waals surface area contributed by atoms with Crippen LogP contribution >= 0.6 is 23.1 Å². The van der Waals surface area contributed by atoms with Gasteiger partial charge in [-0.25, -0.2) is 0 Å².